The predicted octanol–water partition coefficient (Wildman–Crippen LogP) is 3.50. The van der Waals surface area contributed by atoms with Gasteiger partial charge in [-0.25, -0.2) is 13.4 Å². The number of aromatic nitrogens is 1. The van der Waals surface area contributed by atoms with Crippen molar-refractivity contribution in [1.82, 2.24) is 4.98 Å². The van der Waals surface area contributed by atoms with Crippen molar-refractivity contribution in [1.29, 1.82) is 0 Å². The molecule has 0 saturated heterocycles. The molecule has 0 spiro atoms. The minimum absolute atomic E-state index is 0.214. The molecule has 1 amide bonds. The lowest BCUT2D eigenvalue weighted by molar-refractivity contribution is 0.102. The number of nitrogens with zero attached hydrogens (tertiary/aromatic N) is 1. The summed E-state index contributed by atoms with van der Waals surface area (Å²) in [6, 6.07) is 14.8. The van der Waals surface area contributed by atoms with Crippen LogP contribution in [0.15, 0.2) is 64.2 Å². The van der Waals surface area contributed by atoms with Gasteiger partial charge in [-0.3, -0.25) is 9.52 Å². The standard InChI is InChI=1S/C17H15N3O3S2/c1-12-5-2-8-15(18-12)19-17(21)13-6-3-7-14(11-13)20-25(22,23)16-9-4-10-24-16/h2-11,20H,1H3,(H,18,19,21). The van der Waals surface area contributed by atoms with Crippen LogP contribution in [0.5, 0.6) is 0 Å². The minimum Gasteiger partial charge on any atom is -0.307 e. The van der Waals surface area contributed by atoms with Gasteiger partial charge in [0.1, 0.15) is 10.0 Å². The van der Waals surface area contributed by atoms with E-state index in [1.54, 1.807) is 41.8 Å². The lowest BCUT2D eigenvalue weighted by Crippen LogP contribution is -2.15. The van der Waals surface area contributed by atoms with Gasteiger partial charge in [0, 0.05) is 16.9 Å². The van der Waals surface area contributed by atoms with Crippen molar-refractivity contribution in [2.24, 2.45) is 0 Å². The number of carbonyl (C=O) groups is 1. The predicted molar refractivity (Wildman–Crippen MR) is 98.5 cm³/mol. The molecule has 2 N–H and O–H groups in total. The molecule has 25 heavy (non-hydrogen) atoms. The SMILES string of the molecule is Cc1cccc(NC(=O)c2cccc(NS(=O)(=O)c3cccs3)c2)n1. The van der Waals surface area contributed by atoms with Crippen molar-refractivity contribution >= 4 is 38.8 Å². The third-order valence-electron chi connectivity index (χ3n) is 3.27. The number of rotatable bonds is 5. The molecule has 0 bridgehead atoms. The molecule has 0 radical (unpaired) electrons. The number of thiophene rings is 1. The molecule has 2 heterocycles. The highest BCUT2D eigenvalue weighted by atomic mass is 32.2. The van der Waals surface area contributed by atoms with Crippen molar-refractivity contribution in [2.75, 3.05) is 10.0 Å². The Hall–Kier alpha value is -2.71. The Morgan fingerprint density at radius 3 is 2.60 bits per heavy atom. The van der Waals surface area contributed by atoms with E-state index in [2.05, 4.69) is 15.0 Å². The Kier molecular flexibility index (Phi) is 4.82. The van der Waals surface area contributed by atoms with Crippen LogP contribution in [0.2, 0.25) is 0 Å². The Labute approximate surface area is 149 Å². The van der Waals surface area contributed by atoms with Crippen LogP contribution in [0.25, 0.3) is 0 Å². The zero-order chi connectivity index (χ0) is 17.9. The van der Waals surface area contributed by atoms with Crippen LogP contribution in [0, 0.1) is 6.92 Å². The van der Waals surface area contributed by atoms with E-state index >= 15 is 0 Å². The number of aryl methyl sites for hydroxylation is 1. The van der Waals surface area contributed by atoms with Gasteiger partial charge in [0.15, 0.2) is 0 Å². The van der Waals surface area contributed by atoms with Crippen molar-refractivity contribution in [3.63, 3.8) is 0 Å². The third kappa shape index (κ3) is 4.23. The molecule has 6 nitrogen and oxygen atoms in total. The van der Waals surface area contributed by atoms with Crippen molar-refractivity contribution < 1.29 is 13.2 Å². The summed E-state index contributed by atoms with van der Waals surface area (Å²) in [4.78, 5) is 16.6. The van der Waals surface area contributed by atoms with Crippen molar-refractivity contribution in [3.05, 3.63) is 71.2 Å². The lowest BCUT2D eigenvalue weighted by Gasteiger charge is -2.09. The van der Waals surface area contributed by atoms with E-state index < -0.39 is 10.0 Å². The molecule has 0 unspecified atom stereocenters. The maximum Gasteiger partial charge on any atom is 0.271 e. The van der Waals surface area contributed by atoms with E-state index in [1.807, 2.05) is 13.0 Å². The smallest absolute Gasteiger partial charge is 0.271 e. The van der Waals surface area contributed by atoms with Gasteiger partial charge in [0.05, 0.1) is 0 Å². The van der Waals surface area contributed by atoms with Gasteiger partial charge in [0.2, 0.25) is 0 Å². The van der Waals surface area contributed by atoms with E-state index in [4.69, 9.17) is 0 Å². The Morgan fingerprint density at radius 2 is 1.88 bits per heavy atom. The van der Waals surface area contributed by atoms with E-state index in [0.29, 0.717) is 17.1 Å². The number of sulfonamides is 1. The second-order valence-corrected chi connectivity index (χ2v) is 8.09. The maximum absolute atomic E-state index is 12.3. The number of hydrogen-bond acceptors (Lipinski definition) is 5. The highest BCUT2D eigenvalue weighted by molar-refractivity contribution is 7.94. The lowest BCUT2D eigenvalue weighted by atomic mass is 10.2. The van der Waals surface area contributed by atoms with Crippen LogP contribution in [0.4, 0.5) is 11.5 Å². The Morgan fingerprint density at radius 1 is 1.08 bits per heavy atom. The fourth-order valence-electron chi connectivity index (χ4n) is 2.15. The molecule has 8 heteroatoms. The maximum atomic E-state index is 12.3. The van der Waals surface area contributed by atoms with Gasteiger partial charge in [-0.05, 0) is 48.7 Å². The summed E-state index contributed by atoms with van der Waals surface area (Å²) >= 11 is 1.12. The molecule has 0 aliphatic carbocycles. The highest BCUT2D eigenvalue weighted by Gasteiger charge is 2.16. The number of nitrogens with one attached hydrogen (secondary N) is 2. The number of amides is 1. The average molecular weight is 373 g/mol. The molecular formula is C17H15N3O3S2. The monoisotopic (exact) mass is 373 g/mol. The first-order chi connectivity index (χ1) is 11.9. The first-order valence-corrected chi connectivity index (χ1v) is 9.72. The quantitative estimate of drug-likeness (QED) is 0.716. The van der Waals surface area contributed by atoms with Crippen LogP contribution < -0.4 is 10.0 Å². The molecule has 0 saturated carbocycles. The number of anilines is 2. The van der Waals surface area contributed by atoms with E-state index in [9.17, 15) is 13.2 Å². The number of hydrogen-bond donors (Lipinski definition) is 2. The van der Waals surface area contributed by atoms with Gasteiger partial charge in [0.25, 0.3) is 15.9 Å². The van der Waals surface area contributed by atoms with Crippen LogP contribution in [0.1, 0.15) is 16.1 Å². The first kappa shape index (κ1) is 17.1. The molecule has 1 aromatic carbocycles. The van der Waals surface area contributed by atoms with Gasteiger partial charge in [-0.1, -0.05) is 18.2 Å². The summed E-state index contributed by atoms with van der Waals surface area (Å²) in [7, 11) is -3.65. The average Bonchev–Trinajstić information content (AvgIpc) is 3.10. The summed E-state index contributed by atoms with van der Waals surface area (Å²) in [5.41, 5.74) is 1.43. The van der Waals surface area contributed by atoms with Crippen LogP contribution in [-0.2, 0) is 10.0 Å². The minimum atomic E-state index is -3.65. The first-order valence-electron chi connectivity index (χ1n) is 7.35. The van der Waals surface area contributed by atoms with Crippen LogP contribution in [0.3, 0.4) is 0 Å². The molecule has 0 aliphatic heterocycles. The van der Waals surface area contributed by atoms with Gasteiger partial charge >= 0.3 is 0 Å². The summed E-state index contributed by atoms with van der Waals surface area (Å²) in [6.07, 6.45) is 0. The summed E-state index contributed by atoms with van der Waals surface area (Å²) in [5.74, 6) is 0.0739. The molecule has 0 atom stereocenters. The van der Waals surface area contributed by atoms with Gasteiger partial charge < -0.3 is 5.32 Å². The fourth-order valence-corrected chi connectivity index (χ4v) is 4.19. The van der Waals surface area contributed by atoms with Gasteiger partial charge in [-0.15, -0.1) is 11.3 Å². The summed E-state index contributed by atoms with van der Waals surface area (Å²) in [5, 5.41) is 4.38. The molecular weight excluding hydrogens is 358 g/mol. The zero-order valence-electron chi connectivity index (χ0n) is 13.3. The molecule has 0 fully saturated rings. The van der Waals surface area contributed by atoms with E-state index in [1.165, 1.54) is 12.1 Å². The molecule has 3 rings (SSSR count). The summed E-state index contributed by atoms with van der Waals surface area (Å²) < 4.78 is 27.2. The van der Waals surface area contributed by atoms with E-state index in [-0.39, 0.29) is 10.1 Å². The van der Waals surface area contributed by atoms with Gasteiger partial charge in [-0.2, -0.15) is 0 Å². The topological polar surface area (TPSA) is 88.2 Å². The van der Waals surface area contributed by atoms with E-state index in [0.717, 1.165) is 17.0 Å². The fraction of sp³-hybridized carbons (Fsp3) is 0.0588. The van der Waals surface area contributed by atoms with Crippen LogP contribution >= 0.6 is 11.3 Å². The number of pyridine rings is 1. The molecule has 128 valence electrons. The third-order valence-corrected chi connectivity index (χ3v) is 6.05. The second-order valence-electron chi connectivity index (χ2n) is 5.24. The van der Waals surface area contributed by atoms with Crippen molar-refractivity contribution in [3.8, 4) is 0 Å². The molecule has 3 aromatic rings. The largest absolute Gasteiger partial charge is 0.307 e. The number of benzene rings is 1. The summed E-state index contributed by atoms with van der Waals surface area (Å²) in [6.45, 7) is 1.83. The second kappa shape index (κ2) is 7.04. The Bertz CT molecular complexity index is 999. The highest BCUT2D eigenvalue weighted by Crippen LogP contribution is 2.21. The molecule has 0 aliphatic rings. The molecule has 2 aromatic heterocycles. The zero-order valence-corrected chi connectivity index (χ0v) is 14.9. The number of carbonyl (C=O) groups excluding carboxylic acids is 1. The Balaban J connectivity index is 1.78. The van der Waals surface area contributed by atoms with Crippen LogP contribution in [-0.4, -0.2) is 19.3 Å². The van der Waals surface area contributed by atoms with Crippen molar-refractivity contribution in [2.45, 2.75) is 11.1 Å². The normalized spacial score (nSPS) is 11.1.